The van der Waals surface area contributed by atoms with Crippen LogP contribution in [0.2, 0.25) is 0 Å². The highest BCUT2D eigenvalue weighted by atomic mass is 32.1. The number of nitrogens with zero attached hydrogens (tertiary/aromatic N) is 6. The van der Waals surface area contributed by atoms with Gasteiger partial charge < -0.3 is 4.57 Å². The van der Waals surface area contributed by atoms with Crippen LogP contribution in [-0.2, 0) is 0 Å². The van der Waals surface area contributed by atoms with E-state index in [1.165, 1.54) is 25.6 Å². The van der Waals surface area contributed by atoms with Gasteiger partial charge in [-0.15, -0.1) is 11.3 Å². The number of fused-ring (bicyclic) bond motifs is 9. The van der Waals surface area contributed by atoms with E-state index in [9.17, 15) is 0 Å². The number of pyridine rings is 1. The predicted molar refractivity (Wildman–Crippen MR) is 210 cm³/mol. The highest BCUT2D eigenvalue weighted by Gasteiger charge is 2.22. The van der Waals surface area contributed by atoms with Crippen LogP contribution >= 0.6 is 11.3 Å². The van der Waals surface area contributed by atoms with Crippen LogP contribution in [0.1, 0.15) is 0 Å². The molecular weight excluding hydrogens is 645 g/mol. The smallest absolute Gasteiger partial charge is 0.238 e. The van der Waals surface area contributed by atoms with Crippen molar-refractivity contribution in [2.24, 2.45) is 0 Å². The first kappa shape index (κ1) is 28.2. The summed E-state index contributed by atoms with van der Waals surface area (Å²) in [6.07, 6.45) is 1.85. The number of hydrogen-bond acceptors (Lipinski definition) is 5. The van der Waals surface area contributed by atoms with Gasteiger partial charge in [-0.3, -0.25) is 9.55 Å². The Morgan fingerprint density at radius 3 is 2.00 bits per heavy atom. The first-order chi connectivity index (χ1) is 25.3. The van der Waals surface area contributed by atoms with Gasteiger partial charge in [0, 0.05) is 53.7 Å². The van der Waals surface area contributed by atoms with Crippen molar-refractivity contribution >= 4 is 75.3 Å². The number of benzene rings is 6. The molecule has 0 fully saturated rings. The molecule has 11 rings (SSSR count). The van der Waals surface area contributed by atoms with Gasteiger partial charge in [0.1, 0.15) is 0 Å². The Morgan fingerprint density at radius 1 is 0.431 bits per heavy atom. The second-order valence-electron chi connectivity index (χ2n) is 12.7. The SMILES string of the molecule is c1ccc(-c2nc(-c3ccccc3-n3c4ccccc4c4ncccc43)nc(-n3c4ccccc4c4cc5c(cc43)sc3ccccc35)n2)cc1. The average Bonchev–Trinajstić information content (AvgIpc) is 3.84. The Balaban J connectivity index is 1.22. The first-order valence-electron chi connectivity index (χ1n) is 16.9. The third-order valence-corrected chi connectivity index (χ3v) is 11.0. The lowest BCUT2D eigenvalue weighted by Gasteiger charge is -2.15. The fourth-order valence-corrected chi connectivity index (χ4v) is 8.73. The fourth-order valence-electron chi connectivity index (χ4n) is 7.61. The number of hydrogen-bond donors (Lipinski definition) is 0. The first-order valence-corrected chi connectivity index (χ1v) is 17.7. The van der Waals surface area contributed by atoms with Crippen LogP contribution in [0.25, 0.3) is 98.3 Å². The zero-order valence-corrected chi connectivity index (χ0v) is 27.9. The molecule has 6 nitrogen and oxygen atoms in total. The summed E-state index contributed by atoms with van der Waals surface area (Å²) < 4.78 is 6.99. The van der Waals surface area contributed by atoms with Gasteiger partial charge in [0.25, 0.3) is 0 Å². The molecule has 0 aliphatic carbocycles. The fraction of sp³-hybridized carbons (Fsp3) is 0. The van der Waals surface area contributed by atoms with Gasteiger partial charge in [-0.25, -0.2) is 4.98 Å². The van der Waals surface area contributed by atoms with Crippen molar-refractivity contribution in [2.75, 3.05) is 0 Å². The van der Waals surface area contributed by atoms with Crippen molar-refractivity contribution in [1.82, 2.24) is 29.1 Å². The van der Waals surface area contributed by atoms with Crippen LogP contribution in [0.3, 0.4) is 0 Å². The Bertz CT molecular complexity index is 3100. The maximum atomic E-state index is 5.34. The van der Waals surface area contributed by atoms with Gasteiger partial charge in [0.2, 0.25) is 5.95 Å². The molecule has 0 amide bonds. The summed E-state index contributed by atoms with van der Waals surface area (Å²) in [5.74, 6) is 1.78. The molecule has 0 N–H and O–H groups in total. The summed E-state index contributed by atoms with van der Waals surface area (Å²) >= 11 is 1.82. The van der Waals surface area contributed by atoms with E-state index in [1.54, 1.807) is 0 Å². The number of aromatic nitrogens is 6. The van der Waals surface area contributed by atoms with E-state index in [2.05, 4.69) is 137 Å². The van der Waals surface area contributed by atoms with Crippen molar-refractivity contribution < 1.29 is 0 Å². The summed E-state index contributed by atoms with van der Waals surface area (Å²) in [4.78, 5) is 20.5. The number of thiophene rings is 1. The molecule has 238 valence electrons. The molecule has 0 atom stereocenters. The zero-order chi connectivity index (χ0) is 33.5. The third kappa shape index (κ3) is 4.22. The average molecular weight is 671 g/mol. The van der Waals surface area contributed by atoms with E-state index < -0.39 is 0 Å². The van der Waals surface area contributed by atoms with Crippen molar-refractivity contribution in [2.45, 2.75) is 0 Å². The minimum atomic E-state index is 0.573. The summed E-state index contributed by atoms with van der Waals surface area (Å²) in [6, 6.07) is 52.9. The van der Waals surface area contributed by atoms with Crippen molar-refractivity contribution in [3.05, 3.63) is 158 Å². The molecule has 5 aromatic heterocycles. The van der Waals surface area contributed by atoms with Crippen LogP contribution in [0.4, 0.5) is 0 Å². The highest BCUT2D eigenvalue weighted by Crippen LogP contribution is 2.41. The molecule has 6 aromatic carbocycles. The lowest BCUT2D eigenvalue weighted by Crippen LogP contribution is -2.07. The topological polar surface area (TPSA) is 61.4 Å². The Labute approximate surface area is 295 Å². The molecule has 7 heteroatoms. The Kier molecular flexibility index (Phi) is 6.02. The molecular formula is C44H26N6S. The number of rotatable bonds is 4. The lowest BCUT2D eigenvalue weighted by atomic mass is 10.1. The quantitative estimate of drug-likeness (QED) is 0.187. The van der Waals surface area contributed by atoms with Gasteiger partial charge in [-0.05, 0) is 54.6 Å². The highest BCUT2D eigenvalue weighted by molar-refractivity contribution is 7.25. The summed E-state index contributed by atoms with van der Waals surface area (Å²) in [7, 11) is 0. The second-order valence-corrected chi connectivity index (χ2v) is 13.8. The summed E-state index contributed by atoms with van der Waals surface area (Å²) in [5, 5.41) is 5.97. The van der Waals surface area contributed by atoms with Crippen LogP contribution in [0.5, 0.6) is 0 Å². The van der Waals surface area contributed by atoms with Crippen LogP contribution < -0.4 is 0 Å². The molecule has 0 bridgehead atoms. The van der Waals surface area contributed by atoms with Gasteiger partial charge in [-0.1, -0.05) is 97.1 Å². The van der Waals surface area contributed by atoms with Crippen molar-refractivity contribution in [1.29, 1.82) is 0 Å². The largest absolute Gasteiger partial charge is 0.307 e. The van der Waals surface area contributed by atoms with Gasteiger partial charge >= 0.3 is 0 Å². The predicted octanol–water partition coefficient (Wildman–Crippen LogP) is 11.2. The van der Waals surface area contributed by atoms with Crippen LogP contribution in [0.15, 0.2) is 158 Å². The lowest BCUT2D eigenvalue weighted by molar-refractivity contribution is 0.952. The van der Waals surface area contributed by atoms with E-state index in [0.29, 0.717) is 17.6 Å². The third-order valence-electron chi connectivity index (χ3n) is 9.84. The number of para-hydroxylation sites is 3. The minimum absolute atomic E-state index is 0.573. The molecule has 0 unspecified atom stereocenters. The molecule has 0 aliphatic rings. The van der Waals surface area contributed by atoms with Gasteiger partial charge in [0.05, 0.1) is 33.3 Å². The second kappa shape index (κ2) is 10.9. The molecule has 0 saturated carbocycles. The molecule has 0 radical (unpaired) electrons. The summed E-state index contributed by atoms with van der Waals surface area (Å²) in [5.41, 5.74) is 7.97. The van der Waals surface area contributed by atoms with Crippen molar-refractivity contribution in [3.63, 3.8) is 0 Å². The Morgan fingerprint density at radius 2 is 1.12 bits per heavy atom. The molecule has 0 spiro atoms. The maximum absolute atomic E-state index is 5.34. The molecule has 51 heavy (non-hydrogen) atoms. The van der Waals surface area contributed by atoms with Gasteiger partial charge in [-0.2, -0.15) is 9.97 Å². The maximum Gasteiger partial charge on any atom is 0.238 e. The monoisotopic (exact) mass is 670 g/mol. The van der Waals surface area contributed by atoms with Crippen molar-refractivity contribution in [3.8, 4) is 34.4 Å². The zero-order valence-electron chi connectivity index (χ0n) is 27.1. The van der Waals surface area contributed by atoms with Gasteiger partial charge in [0.15, 0.2) is 11.6 Å². The van der Waals surface area contributed by atoms with Crippen LogP contribution in [-0.4, -0.2) is 29.1 Å². The normalized spacial score (nSPS) is 11.9. The Hall–Kier alpha value is -6.70. The van der Waals surface area contributed by atoms with E-state index >= 15 is 0 Å². The molecule has 0 saturated heterocycles. The summed E-state index contributed by atoms with van der Waals surface area (Å²) in [6.45, 7) is 0. The molecule has 0 aliphatic heterocycles. The molecule has 5 heterocycles. The molecule has 11 aromatic rings. The van der Waals surface area contributed by atoms with Crippen LogP contribution in [0, 0.1) is 0 Å². The van der Waals surface area contributed by atoms with E-state index in [0.717, 1.165) is 55.2 Å². The van der Waals surface area contributed by atoms with E-state index in [-0.39, 0.29) is 0 Å². The standard InChI is InChI=1S/C44H26N6S/c1-2-13-27(14-3-1)42-46-43(31-18-6-10-21-36(31)49-35-20-9-5-17-30(35)41-37(49)22-12-24-45-41)48-44(47-42)50-34-19-8-4-15-28(34)32-25-33-29-16-7-11-23-39(29)51-40(33)26-38(32)50/h1-26H. The van der Waals surface area contributed by atoms with E-state index in [4.69, 9.17) is 19.9 Å². The minimum Gasteiger partial charge on any atom is -0.307 e. The van der Waals surface area contributed by atoms with E-state index in [1.807, 2.05) is 41.8 Å².